The van der Waals surface area contributed by atoms with Crippen molar-refractivity contribution in [2.45, 2.75) is 19.6 Å². The predicted octanol–water partition coefficient (Wildman–Crippen LogP) is 2.70. The highest BCUT2D eigenvalue weighted by Gasteiger charge is 2.20. The van der Waals surface area contributed by atoms with Crippen molar-refractivity contribution in [3.8, 4) is 0 Å². The molecule has 1 atom stereocenters. The third-order valence-corrected chi connectivity index (χ3v) is 5.51. The van der Waals surface area contributed by atoms with Gasteiger partial charge in [-0.15, -0.1) is 11.3 Å². The first-order valence-corrected chi connectivity index (χ1v) is 10.3. The maximum absolute atomic E-state index is 13.8. The summed E-state index contributed by atoms with van der Waals surface area (Å²) in [5.74, 6) is 0.385. The van der Waals surface area contributed by atoms with Crippen molar-refractivity contribution in [2.24, 2.45) is 4.99 Å². The van der Waals surface area contributed by atoms with Crippen LogP contribution < -0.4 is 5.32 Å². The molecule has 1 fully saturated rings. The summed E-state index contributed by atoms with van der Waals surface area (Å²) >= 11 is 1.79. The number of hydrogen-bond donors (Lipinski definition) is 2. The lowest BCUT2D eigenvalue weighted by Gasteiger charge is -2.36. The Bertz CT molecular complexity index is 729. The van der Waals surface area contributed by atoms with Crippen molar-refractivity contribution in [3.05, 3.63) is 58.0 Å². The molecule has 1 aromatic carbocycles. The van der Waals surface area contributed by atoms with E-state index < -0.39 is 11.9 Å². The lowest BCUT2D eigenvalue weighted by atomic mass is 10.1. The molecule has 0 amide bonds. The Hall–Kier alpha value is -1.96. The molecule has 1 saturated heterocycles. The summed E-state index contributed by atoms with van der Waals surface area (Å²) in [6, 6.07) is 10.6. The van der Waals surface area contributed by atoms with E-state index in [-0.39, 0.29) is 12.1 Å². The minimum Gasteiger partial charge on any atom is -0.386 e. The lowest BCUT2D eigenvalue weighted by molar-refractivity contribution is 0.169. The smallest absolute Gasteiger partial charge is 0.194 e. The van der Waals surface area contributed by atoms with Crippen molar-refractivity contribution in [1.82, 2.24) is 15.1 Å². The summed E-state index contributed by atoms with van der Waals surface area (Å²) in [4.78, 5) is 10.6. The van der Waals surface area contributed by atoms with Crippen molar-refractivity contribution >= 4 is 17.3 Å². The number of guanidine groups is 1. The molecule has 3 rings (SSSR count). The van der Waals surface area contributed by atoms with Crippen LogP contribution in [0.5, 0.6) is 0 Å². The standard InChI is InChI=1S/C20H27FN4OS/c1-2-22-20(23-14-19(26)17-7-3-4-8-18(17)21)25-11-9-24(10-12-25)15-16-6-5-13-27-16/h3-8,13,19,26H,2,9-12,14-15H2,1H3,(H,22,23). The van der Waals surface area contributed by atoms with Gasteiger partial charge in [0, 0.05) is 49.7 Å². The topological polar surface area (TPSA) is 51.1 Å². The fourth-order valence-electron chi connectivity index (χ4n) is 3.18. The lowest BCUT2D eigenvalue weighted by Crippen LogP contribution is -2.52. The van der Waals surface area contributed by atoms with Crippen LogP contribution in [0.4, 0.5) is 4.39 Å². The van der Waals surface area contributed by atoms with Crippen LogP contribution in [-0.2, 0) is 6.54 Å². The van der Waals surface area contributed by atoms with Gasteiger partial charge in [-0.1, -0.05) is 24.3 Å². The zero-order chi connectivity index (χ0) is 19.1. The van der Waals surface area contributed by atoms with E-state index in [9.17, 15) is 9.50 Å². The van der Waals surface area contributed by atoms with E-state index >= 15 is 0 Å². The number of hydrogen-bond acceptors (Lipinski definition) is 4. The summed E-state index contributed by atoms with van der Waals surface area (Å²) in [7, 11) is 0. The van der Waals surface area contributed by atoms with Crippen LogP contribution in [0.2, 0.25) is 0 Å². The van der Waals surface area contributed by atoms with Crippen molar-refractivity contribution in [2.75, 3.05) is 39.3 Å². The van der Waals surface area contributed by atoms with E-state index in [4.69, 9.17) is 0 Å². The Morgan fingerprint density at radius 1 is 1.22 bits per heavy atom. The van der Waals surface area contributed by atoms with Gasteiger partial charge in [-0.3, -0.25) is 9.89 Å². The Balaban J connectivity index is 1.57. The van der Waals surface area contributed by atoms with Gasteiger partial charge in [0.2, 0.25) is 0 Å². The minimum atomic E-state index is -0.944. The molecule has 7 heteroatoms. The number of nitrogens with one attached hydrogen (secondary N) is 1. The molecule has 2 aromatic rings. The van der Waals surface area contributed by atoms with Crippen LogP contribution >= 0.6 is 11.3 Å². The highest BCUT2D eigenvalue weighted by molar-refractivity contribution is 7.09. The second-order valence-electron chi connectivity index (χ2n) is 6.57. The Labute approximate surface area is 164 Å². The van der Waals surface area contributed by atoms with Crippen LogP contribution in [-0.4, -0.2) is 60.1 Å². The number of aliphatic imine (C=N–C) groups is 1. The zero-order valence-corrected chi connectivity index (χ0v) is 16.5. The van der Waals surface area contributed by atoms with Gasteiger partial charge in [0.15, 0.2) is 5.96 Å². The van der Waals surface area contributed by atoms with Crippen LogP contribution in [0.1, 0.15) is 23.5 Å². The average Bonchev–Trinajstić information content (AvgIpc) is 3.19. The molecule has 1 aromatic heterocycles. The molecule has 146 valence electrons. The second-order valence-corrected chi connectivity index (χ2v) is 7.61. The van der Waals surface area contributed by atoms with Gasteiger partial charge in [0.05, 0.1) is 6.54 Å². The molecule has 0 radical (unpaired) electrons. The average molecular weight is 391 g/mol. The fraction of sp³-hybridized carbons (Fsp3) is 0.450. The molecule has 1 aliphatic heterocycles. The first kappa shape index (κ1) is 19.8. The number of halogens is 1. The van der Waals surface area contributed by atoms with E-state index in [1.807, 2.05) is 6.92 Å². The maximum Gasteiger partial charge on any atom is 0.194 e. The predicted molar refractivity (Wildman–Crippen MR) is 109 cm³/mol. The second kappa shape index (κ2) is 9.82. The summed E-state index contributed by atoms with van der Waals surface area (Å²) in [6.45, 7) is 7.61. The number of aliphatic hydroxyl groups is 1. The third kappa shape index (κ3) is 5.51. The fourth-order valence-corrected chi connectivity index (χ4v) is 3.93. The Morgan fingerprint density at radius 2 is 2.00 bits per heavy atom. The van der Waals surface area contributed by atoms with E-state index in [1.165, 1.54) is 10.9 Å². The van der Waals surface area contributed by atoms with Crippen molar-refractivity contribution in [3.63, 3.8) is 0 Å². The zero-order valence-electron chi connectivity index (χ0n) is 15.6. The Kier molecular flexibility index (Phi) is 7.20. The van der Waals surface area contributed by atoms with Gasteiger partial charge in [-0.2, -0.15) is 0 Å². The Morgan fingerprint density at radius 3 is 2.67 bits per heavy atom. The quantitative estimate of drug-likeness (QED) is 0.588. The first-order valence-electron chi connectivity index (χ1n) is 9.38. The highest BCUT2D eigenvalue weighted by atomic mass is 32.1. The summed E-state index contributed by atoms with van der Waals surface area (Å²) < 4.78 is 13.8. The number of aliphatic hydroxyl groups excluding tert-OH is 1. The minimum absolute atomic E-state index is 0.138. The van der Waals surface area contributed by atoms with Crippen molar-refractivity contribution < 1.29 is 9.50 Å². The molecular weight excluding hydrogens is 363 g/mol. The maximum atomic E-state index is 13.8. The molecule has 27 heavy (non-hydrogen) atoms. The number of rotatable bonds is 6. The van der Waals surface area contributed by atoms with Crippen LogP contribution in [0.3, 0.4) is 0 Å². The van der Waals surface area contributed by atoms with Gasteiger partial charge in [0.25, 0.3) is 0 Å². The molecule has 5 nitrogen and oxygen atoms in total. The number of thiophene rings is 1. The molecule has 1 aliphatic rings. The summed E-state index contributed by atoms with van der Waals surface area (Å²) in [5, 5.41) is 15.7. The molecule has 0 bridgehead atoms. The van der Waals surface area contributed by atoms with E-state index in [2.05, 4.69) is 37.6 Å². The molecule has 2 heterocycles. The highest BCUT2D eigenvalue weighted by Crippen LogP contribution is 2.17. The normalized spacial score (nSPS) is 17.1. The van der Waals surface area contributed by atoms with Gasteiger partial charge >= 0.3 is 0 Å². The van der Waals surface area contributed by atoms with Gasteiger partial charge < -0.3 is 15.3 Å². The first-order chi connectivity index (χ1) is 13.2. The van der Waals surface area contributed by atoms with Crippen LogP contribution in [0.25, 0.3) is 0 Å². The number of nitrogens with zero attached hydrogens (tertiary/aromatic N) is 3. The summed E-state index contributed by atoms with van der Waals surface area (Å²) in [5.41, 5.74) is 0.290. The van der Waals surface area contributed by atoms with Gasteiger partial charge in [0.1, 0.15) is 11.9 Å². The molecule has 2 N–H and O–H groups in total. The number of benzene rings is 1. The van der Waals surface area contributed by atoms with Gasteiger partial charge in [-0.25, -0.2) is 4.39 Å². The van der Waals surface area contributed by atoms with Crippen LogP contribution in [0, 0.1) is 5.82 Å². The molecule has 0 spiro atoms. The summed E-state index contributed by atoms with van der Waals surface area (Å²) in [6.07, 6.45) is -0.944. The monoisotopic (exact) mass is 390 g/mol. The molecule has 0 saturated carbocycles. The van der Waals surface area contributed by atoms with E-state index in [0.29, 0.717) is 0 Å². The van der Waals surface area contributed by atoms with Crippen molar-refractivity contribution in [1.29, 1.82) is 0 Å². The van der Waals surface area contributed by atoms with Gasteiger partial charge in [-0.05, 0) is 24.4 Å². The SMILES string of the molecule is CCNC(=NCC(O)c1ccccc1F)N1CCN(Cc2cccs2)CC1. The number of piperazine rings is 1. The van der Waals surface area contributed by atoms with E-state index in [1.54, 1.807) is 29.5 Å². The third-order valence-electron chi connectivity index (χ3n) is 4.64. The van der Waals surface area contributed by atoms with E-state index in [0.717, 1.165) is 45.2 Å². The molecule has 0 aliphatic carbocycles. The molecular formula is C20H27FN4OS. The largest absolute Gasteiger partial charge is 0.386 e. The molecule has 1 unspecified atom stereocenters. The van der Waals surface area contributed by atoms with Crippen LogP contribution in [0.15, 0.2) is 46.8 Å².